The van der Waals surface area contributed by atoms with E-state index in [0.29, 0.717) is 17.3 Å². The fourth-order valence-electron chi connectivity index (χ4n) is 3.07. The van der Waals surface area contributed by atoms with Gasteiger partial charge < -0.3 is 15.1 Å². The molecule has 1 saturated heterocycles. The third kappa shape index (κ3) is 2.18. The zero-order valence-electron chi connectivity index (χ0n) is 11.8. The van der Waals surface area contributed by atoms with Gasteiger partial charge in [0, 0.05) is 24.8 Å². The van der Waals surface area contributed by atoms with Crippen molar-refractivity contribution in [3.05, 3.63) is 23.8 Å². The lowest BCUT2D eigenvalue weighted by molar-refractivity contribution is -0.112. The number of carbonyl (C=O) groups is 2. The van der Waals surface area contributed by atoms with Crippen LogP contribution in [0.3, 0.4) is 0 Å². The normalized spacial score (nSPS) is 23.5. The summed E-state index contributed by atoms with van der Waals surface area (Å²) in [5, 5.41) is 2.64. The molecule has 3 rings (SSSR count). The molecule has 0 aliphatic carbocycles. The molecule has 0 bridgehead atoms. The molecule has 0 radical (unpaired) electrons. The number of ketones is 1. The summed E-state index contributed by atoms with van der Waals surface area (Å²) >= 11 is 0. The number of likely N-dealkylation sites (N-methyl/N-ethyl adjacent to an activating group) is 1. The summed E-state index contributed by atoms with van der Waals surface area (Å²) in [5.74, 6) is -0.962. The molecule has 1 amide bonds. The van der Waals surface area contributed by atoms with Crippen molar-refractivity contribution in [2.24, 2.45) is 0 Å². The van der Waals surface area contributed by atoms with Gasteiger partial charge >= 0.3 is 0 Å². The Balaban J connectivity index is 1.90. The van der Waals surface area contributed by atoms with Crippen molar-refractivity contribution in [2.45, 2.75) is 19.4 Å². The molecule has 1 aromatic carbocycles. The molecule has 5 nitrogen and oxygen atoms in total. The fraction of sp³-hybridized carbons (Fsp3) is 0.467. The Bertz CT molecular complexity index is 570. The standard InChI is InChI=1S/C15H19N3O2/c1-10-9-17(2)6-3-7-18(10)11-4-5-12-13(8-11)16-15(20)14(12)19/h4-5,8,10H,3,6-7,9H2,1-2H3,(H,16,19,20). The van der Waals surface area contributed by atoms with Crippen molar-refractivity contribution < 1.29 is 9.59 Å². The fourth-order valence-corrected chi connectivity index (χ4v) is 3.07. The van der Waals surface area contributed by atoms with Crippen molar-refractivity contribution >= 4 is 23.1 Å². The van der Waals surface area contributed by atoms with E-state index in [9.17, 15) is 9.59 Å². The van der Waals surface area contributed by atoms with Crippen LogP contribution in [-0.4, -0.2) is 49.3 Å². The van der Waals surface area contributed by atoms with Crippen LogP contribution in [-0.2, 0) is 4.79 Å². The van der Waals surface area contributed by atoms with Crippen molar-refractivity contribution in [2.75, 3.05) is 36.9 Å². The Morgan fingerprint density at radius 2 is 2.05 bits per heavy atom. The number of nitrogens with one attached hydrogen (secondary N) is 1. The molecule has 5 heteroatoms. The highest BCUT2D eigenvalue weighted by molar-refractivity contribution is 6.51. The van der Waals surface area contributed by atoms with E-state index in [2.05, 4.69) is 29.1 Å². The van der Waals surface area contributed by atoms with E-state index in [1.165, 1.54) is 0 Å². The molecule has 1 aromatic rings. The van der Waals surface area contributed by atoms with Crippen LogP contribution in [0.2, 0.25) is 0 Å². The maximum absolute atomic E-state index is 11.6. The number of rotatable bonds is 1. The first-order valence-electron chi connectivity index (χ1n) is 7.01. The van der Waals surface area contributed by atoms with E-state index >= 15 is 0 Å². The second-order valence-electron chi connectivity index (χ2n) is 5.67. The predicted octanol–water partition coefficient (Wildman–Crippen LogP) is 1.35. The Labute approximate surface area is 118 Å². The summed E-state index contributed by atoms with van der Waals surface area (Å²) in [4.78, 5) is 27.7. The maximum Gasteiger partial charge on any atom is 0.296 e. The first-order valence-corrected chi connectivity index (χ1v) is 7.01. The molecule has 1 fully saturated rings. The molecule has 1 unspecified atom stereocenters. The third-order valence-electron chi connectivity index (χ3n) is 4.08. The number of carbonyl (C=O) groups excluding carboxylic acids is 2. The van der Waals surface area contributed by atoms with Crippen LogP contribution >= 0.6 is 0 Å². The van der Waals surface area contributed by atoms with Crippen molar-refractivity contribution in [1.29, 1.82) is 0 Å². The lowest BCUT2D eigenvalue weighted by Gasteiger charge is -2.30. The molecule has 2 heterocycles. The highest BCUT2D eigenvalue weighted by atomic mass is 16.2. The summed E-state index contributed by atoms with van der Waals surface area (Å²) < 4.78 is 0. The smallest absolute Gasteiger partial charge is 0.296 e. The molecule has 106 valence electrons. The van der Waals surface area contributed by atoms with E-state index in [0.717, 1.165) is 31.7 Å². The first kappa shape index (κ1) is 13.1. The minimum absolute atomic E-state index is 0.411. The van der Waals surface area contributed by atoms with Gasteiger partial charge in [0.15, 0.2) is 0 Å². The molecular weight excluding hydrogens is 254 g/mol. The summed E-state index contributed by atoms with van der Waals surface area (Å²) in [6.07, 6.45) is 1.11. The van der Waals surface area contributed by atoms with E-state index in [1.807, 2.05) is 12.1 Å². The second kappa shape index (κ2) is 4.90. The molecule has 1 atom stereocenters. The van der Waals surface area contributed by atoms with Gasteiger partial charge in [0.05, 0.1) is 11.3 Å². The zero-order chi connectivity index (χ0) is 14.3. The monoisotopic (exact) mass is 273 g/mol. The number of benzene rings is 1. The van der Waals surface area contributed by atoms with Gasteiger partial charge in [-0.05, 0) is 45.1 Å². The van der Waals surface area contributed by atoms with Crippen molar-refractivity contribution in [1.82, 2.24) is 4.90 Å². The number of fused-ring (bicyclic) bond motifs is 1. The van der Waals surface area contributed by atoms with E-state index in [4.69, 9.17) is 0 Å². The number of Topliss-reactive ketones (excluding diaryl/α,β-unsaturated/α-hetero) is 1. The number of hydrogen-bond donors (Lipinski definition) is 1. The van der Waals surface area contributed by atoms with Gasteiger partial charge in [-0.25, -0.2) is 0 Å². The Hall–Kier alpha value is -1.88. The number of amides is 1. The summed E-state index contributed by atoms with van der Waals surface area (Å²) in [5.41, 5.74) is 2.20. The van der Waals surface area contributed by atoms with Gasteiger partial charge in [-0.2, -0.15) is 0 Å². The topological polar surface area (TPSA) is 52.6 Å². The van der Waals surface area contributed by atoms with E-state index in [1.54, 1.807) is 6.07 Å². The largest absolute Gasteiger partial charge is 0.367 e. The van der Waals surface area contributed by atoms with Crippen LogP contribution in [0.4, 0.5) is 11.4 Å². The van der Waals surface area contributed by atoms with Gasteiger partial charge in [-0.1, -0.05) is 0 Å². The molecule has 0 spiro atoms. The average Bonchev–Trinajstić information content (AvgIpc) is 2.58. The first-order chi connectivity index (χ1) is 9.56. The lowest BCUT2D eigenvalue weighted by Crippen LogP contribution is -2.37. The lowest BCUT2D eigenvalue weighted by atomic mass is 10.1. The molecular formula is C15H19N3O2. The van der Waals surface area contributed by atoms with E-state index < -0.39 is 11.7 Å². The summed E-state index contributed by atoms with van der Waals surface area (Å²) in [6.45, 7) is 5.31. The van der Waals surface area contributed by atoms with Crippen LogP contribution in [0, 0.1) is 0 Å². The highest BCUT2D eigenvalue weighted by Crippen LogP contribution is 2.30. The van der Waals surface area contributed by atoms with E-state index in [-0.39, 0.29) is 0 Å². The molecule has 2 aliphatic heterocycles. The van der Waals surface area contributed by atoms with Crippen LogP contribution in [0.5, 0.6) is 0 Å². The van der Waals surface area contributed by atoms with Crippen LogP contribution in [0.1, 0.15) is 23.7 Å². The third-order valence-corrected chi connectivity index (χ3v) is 4.08. The van der Waals surface area contributed by atoms with Gasteiger partial charge in [0.25, 0.3) is 11.7 Å². The second-order valence-corrected chi connectivity index (χ2v) is 5.67. The zero-order valence-corrected chi connectivity index (χ0v) is 11.8. The number of nitrogens with zero attached hydrogens (tertiary/aromatic N) is 2. The van der Waals surface area contributed by atoms with Gasteiger partial charge in [-0.15, -0.1) is 0 Å². The number of hydrogen-bond acceptors (Lipinski definition) is 4. The van der Waals surface area contributed by atoms with Gasteiger partial charge in [0.1, 0.15) is 0 Å². The van der Waals surface area contributed by atoms with Crippen molar-refractivity contribution in [3.8, 4) is 0 Å². The minimum Gasteiger partial charge on any atom is -0.367 e. The van der Waals surface area contributed by atoms with Crippen LogP contribution < -0.4 is 10.2 Å². The molecule has 1 N–H and O–H groups in total. The van der Waals surface area contributed by atoms with Crippen LogP contribution in [0.15, 0.2) is 18.2 Å². The average molecular weight is 273 g/mol. The Morgan fingerprint density at radius 3 is 2.85 bits per heavy atom. The Morgan fingerprint density at radius 1 is 1.25 bits per heavy atom. The van der Waals surface area contributed by atoms with Crippen LogP contribution in [0.25, 0.3) is 0 Å². The quantitative estimate of drug-likeness (QED) is 0.785. The molecule has 20 heavy (non-hydrogen) atoms. The predicted molar refractivity (Wildman–Crippen MR) is 78.3 cm³/mol. The van der Waals surface area contributed by atoms with Gasteiger partial charge in [0.2, 0.25) is 0 Å². The number of anilines is 2. The Kier molecular flexibility index (Phi) is 3.22. The molecule has 0 saturated carbocycles. The maximum atomic E-state index is 11.6. The molecule has 2 aliphatic rings. The van der Waals surface area contributed by atoms with Crippen molar-refractivity contribution in [3.63, 3.8) is 0 Å². The highest BCUT2D eigenvalue weighted by Gasteiger charge is 2.29. The summed E-state index contributed by atoms with van der Waals surface area (Å²) in [6, 6.07) is 6.03. The minimum atomic E-state index is -0.527. The van der Waals surface area contributed by atoms with Gasteiger partial charge in [-0.3, -0.25) is 9.59 Å². The SMILES string of the molecule is CC1CN(C)CCCN1c1ccc2c(c1)NC(=O)C2=O. The molecule has 0 aromatic heterocycles. The summed E-state index contributed by atoms with van der Waals surface area (Å²) in [7, 11) is 2.14.